The first kappa shape index (κ1) is 13.4. The molecular formula is C14H18BrN3. The first-order chi connectivity index (χ1) is 8.74. The third-order valence-electron chi connectivity index (χ3n) is 3.58. The molecule has 0 bridgehead atoms. The van der Waals surface area contributed by atoms with Gasteiger partial charge in [-0.25, -0.2) is 0 Å². The Balaban J connectivity index is 2.25. The van der Waals surface area contributed by atoms with Crippen LogP contribution in [0.4, 0.5) is 5.69 Å². The number of rotatable bonds is 2. The van der Waals surface area contributed by atoms with Gasteiger partial charge in [0, 0.05) is 17.6 Å². The van der Waals surface area contributed by atoms with E-state index in [2.05, 4.69) is 39.3 Å². The predicted octanol–water partition coefficient (Wildman–Crippen LogP) is 2.90. The second kappa shape index (κ2) is 6.21. The van der Waals surface area contributed by atoms with E-state index in [1.54, 1.807) is 0 Å². The monoisotopic (exact) mass is 307 g/mol. The lowest BCUT2D eigenvalue weighted by Crippen LogP contribution is -2.32. The van der Waals surface area contributed by atoms with Gasteiger partial charge in [0.25, 0.3) is 0 Å². The third-order valence-corrected chi connectivity index (χ3v) is 4.24. The van der Waals surface area contributed by atoms with Gasteiger partial charge in [0.05, 0.1) is 11.3 Å². The topological polar surface area (TPSA) is 39.1 Å². The average Bonchev–Trinajstić information content (AvgIpc) is 2.66. The molecule has 2 rings (SSSR count). The van der Waals surface area contributed by atoms with Crippen LogP contribution in [0, 0.1) is 11.3 Å². The molecule has 0 amide bonds. The zero-order valence-corrected chi connectivity index (χ0v) is 12.2. The summed E-state index contributed by atoms with van der Waals surface area (Å²) in [4.78, 5) is 2.26. The smallest absolute Gasteiger partial charge is 0.103 e. The Labute approximate surface area is 117 Å². The quantitative estimate of drug-likeness (QED) is 0.913. The van der Waals surface area contributed by atoms with Crippen LogP contribution in [0.5, 0.6) is 0 Å². The molecule has 1 aromatic carbocycles. The van der Waals surface area contributed by atoms with Crippen LogP contribution in [-0.4, -0.2) is 26.2 Å². The van der Waals surface area contributed by atoms with Crippen molar-refractivity contribution in [3.63, 3.8) is 0 Å². The molecule has 1 fully saturated rings. The largest absolute Gasteiger partial charge is 0.370 e. The summed E-state index contributed by atoms with van der Waals surface area (Å²) in [5.41, 5.74) is 1.76. The number of nitrogens with zero attached hydrogens (tertiary/aromatic N) is 2. The summed E-state index contributed by atoms with van der Waals surface area (Å²) < 4.78 is 0.876. The lowest BCUT2D eigenvalue weighted by Gasteiger charge is -2.30. The van der Waals surface area contributed by atoms with Crippen molar-refractivity contribution in [3.05, 3.63) is 28.2 Å². The maximum atomic E-state index is 9.28. The van der Waals surface area contributed by atoms with E-state index in [4.69, 9.17) is 0 Å². The van der Waals surface area contributed by atoms with Gasteiger partial charge < -0.3 is 10.2 Å². The molecule has 1 unspecified atom stereocenters. The van der Waals surface area contributed by atoms with E-state index in [1.165, 1.54) is 12.8 Å². The maximum absolute atomic E-state index is 9.28. The molecule has 1 atom stereocenters. The Morgan fingerprint density at radius 3 is 3.00 bits per heavy atom. The summed E-state index contributed by atoms with van der Waals surface area (Å²) in [5, 5.41) is 12.7. The molecule has 1 aliphatic rings. The van der Waals surface area contributed by atoms with Gasteiger partial charge >= 0.3 is 0 Å². The Morgan fingerprint density at radius 1 is 1.39 bits per heavy atom. The molecule has 0 saturated carbocycles. The van der Waals surface area contributed by atoms with Gasteiger partial charge in [-0.3, -0.25) is 0 Å². The number of benzene rings is 1. The molecule has 18 heavy (non-hydrogen) atoms. The highest BCUT2D eigenvalue weighted by molar-refractivity contribution is 9.10. The van der Waals surface area contributed by atoms with Crippen LogP contribution < -0.4 is 10.2 Å². The third kappa shape index (κ3) is 2.85. The van der Waals surface area contributed by atoms with Gasteiger partial charge in [0.1, 0.15) is 6.07 Å². The van der Waals surface area contributed by atoms with Crippen molar-refractivity contribution in [3.8, 4) is 6.07 Å². The Hall–Kier alpha value is -1.05. The fourth-order valence-electron chi connectivity index (χ4n) is 2.50. The second-order valence-electron chi connectivity index (χ2n) is 4.69. The molecule has 4 heteroatoms. The van der Waals surface area contributed by atoms with Gasteiger partial charge in [-0.1, -0.05) is 6.07 Å². The van der Waals surface area contributed by atoms with Crippen LogP contribution in [0.2, 0.25) is 0 Å². The molecule has 1 N–H and O–H groups in total. The number of hydrogen-bond donors (Lipinski definition) is 1. The highest BCUT2D eigenvalue weighted by Gasteiger charge is 2.19. The molecule has 96 valence electrons. The van der Waals surface area contributed by atoms with E-state index >= 15 is 0 Å². The van der Waals surface area contributed by atoms with Crippen molar-refractivity contribution in [1.29, 1.82) is 5.26 Å². The van der Waals surface area contributed by atoms with Gasteiger partial charge in [0.15, 0.2) is 0 Å². The molecule has 3 nitrogen and oxygen atoms in total. The van der Waals surface area contributed by atoms with Crippen LogP contribution in [-0.2, 0) is 0 Å². The lowest BCUT2D eigenvalue weighted by atomic mass is 10.1. The van der Waals surface area contributed by atoms with Crippen molar-refractivity contribution in [2.45, 2.75) is 25.3 Å². The number of nitrogens with one attached hydrogen (secondary N) is 1. The number of hydrogen-bond acceptors (Lipinski definition) is 3. The molecular weight excluding hydrogens is 290 g/mol. The molecule has 0 spiro atoms. The molecule has 1 heterocycles. The fraction of sp³-hybridized carbons (Fsp3) is 0.500. The van der Waals surface area contributed by atoms with E-state index in [1.807, 2.05) is 18.2 Å². The van der Waals surface area contributed by atoms with E-state index in [0.29, 0.717) is 6.04 Å². The first-order valence-electron chi connectivity index (χ1n) is 6.36. The second-order valence-corrected chi connectivity index (χ2v) is 5.55. The van der Waals surface area contributed by atoms with Crippen molar-refractivity contribution < 1.29 is 0 Å². The normalized spacial score (nSPS) is 19.9. The first-order valence-corrected chi connectivity index (χ1v) is 7.15. The number of anilines is 1. The molecule has 1 aromatic rings. The lowest BCUT2D eigenvalue weighted by molar-refractivity contribution is 0.566. The van der Waals surface area contributed by atoms with Crippen molar-refractivity contribution in [2.75, 3.05) is 25.0 Å². The summed E-state index contributed by atoms with van der Waals surface area (Å²) in [5.74, 6) is 0. The Morgan fingerprint density at radius 2 is 2.22 bits per heavy atom. The highest BCUT2D eigenvalue weighted by Crippen LogP contribution is 2.29. The van der Waals surface area contributed by atoms with E-state index < -0.39 is 0 Å². The summed E-state index contributed by atoms with van der Waals surface area (Å²) in [6, 6.07) is 8.75. The van der Waals surface area contributed by atoms with Crippen LogP contribution in [0.15, 0.2) is 22.7 Å². The van der Waals surface area contributed by atoms with Crippen molar-refractivity contribution in [1.82, 2.24) is 5.32 Å². The van der Waals surface area contributed by atoms with Gasteiger partial charge in [-0.2, -0.15) is 5.26 Å². The Bertz CT molecular complexity index is 445. The molecule has 0 radical (unpaired) electrons. The summed E-state index contributed by atoms with van der Waals surface area (Å²) >= 11 is 3.45. The standard InChI is InChI=1S/C14H18BrN3/c1-18(11-4-3-8-17-9-7-11)14-6-2-5-13(15)12(14)10-16/h2,5-6,11,17H,3-4,7-9H2,1H3. The average molecular weight is 308 g/mol. The van der Waals surface area contributed by atoms with Crippen LogP contribution in [0.25, 0.3) is 0 Å². The molecule has 1 saturated heterocycles. The van der Waals surface area contributed by atoms with E-state index in [0.717, 1.165) is 35.2 Å². The predicted molar refractivity (Wildman–Crippen MR) is 77.8 cm³/mol. The SMILES string of the molecule is CN(c1cccc(Br)c1C#N)C1CCCNCC1. The fourth-order valence-corrected chi connectivity index (χ4v) is 2.95. The van der Waals surface area contributed by atoms with Gasteiger partial charge in [-0.15, -0.1) is 0 Å². The van der Waals surface area contributed by atoms with Crippen molar-refractivity contribution in [2.24, 2.45) is 0 Å². The summed E-state index contributed by atoms with van der Waals surface area (Å²) in [6.45, 7) is 2.17. The van der Waals surface area contributed by atoms with Gasteiger partial charge in [-0.05, 0) is 60.4 Å². The van der Waals surface area contributed by atoms with E-state index in [9.17, 15) is 5.26 Å². The number of halogens is 1. The Kier molecular flexibility index (Phi) is 4.62. The summed E-state index contributed by atoms with van der Waals surface area (Å²) in [7, 11) is 2.10. The van der Waals surface area contributed by atoms with Crippen molar-refractivity contribution >= 4 is 21.6 Å². The maximum Gasteiger partial charge on any atom is 0.103 e. The molecule has 0 aromatic heterocycles. The minimum Gasteiger partial charge on any atom is -0.370 e. The van der Waals surface area contributed by atoms with Crippen LogP contribution in [0.1, 0.15) is 24.8 Å². The molecule has 0 aliphatic carbocycles. The van der Waals surface area contributed by atoms with E-state index in [-0.39, 0.29) is 0 Å². The van der Waals surface area contributed by atoms with Gasteiger partial charge in [0.2, 0.25) is 0 Å². The van der Waals surface area contributed by atoms with Crippen LogP contribution >= 0.6 is 15.9 Å². The minimum absolute atomic E-state index is 0.515. The minimum atomic E-state index is 0.515. The zero-order valence-electron chi connectivity index (χ0n) is 10.6. The zero-order chi connectivity index (χ0) is 13.0. The molecule has 1 aliphatic heterocycles. The summed E-state index contributed by atoms with van der Waals surface area (Å²) in [6.07, 6.45) is 3.51. The highest BCUT2D eigenvalue weighted by atomic mass is 79.9. The number of nitriles is 1. The van der Waals surface area contributed by atoms with Crippen LogP contribution in [0.3, 0.4) is 0 Å².